The van der Waals surface area contributed by atoms with E-state index in [1.54, 1.807) is 0 Å². The smallest absolute Gasteiger partial charge is 0.227 e. The molecule has 0 aliphatic heterocycles. The van der Waals surface area contributed by atoms with Crippen LogP contribution in [-0.2, 0) is 11.3 Å². The summed E-state index contributed by atoms with van der Waals surface area (Å²) < 4.78 is 2.23. The van der Waals surface area contributed by atoms with Crippen molar-refractivity contribution in [3.05, 3.63) is 65.9 Å². The first-order valence-electron chi connectivity index (χ1n) is 7.18. The summed E-state index contributed by atoms with van der Waals surface area (Å²) in [6.07, 6.45) is 2.11. The maximum Gasteiger partial charge on any atom is 0.227 e. The van der Waals surface area contributed by atoms with E-state index in [0.29, 0.717) is 5.75 Å². The molecule has 0 fully saturated rings. The fourth-order valence-electron chi connectivity index (χ4n) is 2.61. The van der Waals surface area contributed by atoms with Gasteiger partial charge in [0.1, 0.15) is 0 Å². The van der Waals surface area contributed by atoms with E-state index in [1.165, 1.54) is 33.8 Å². The van der Waals surface area contributed by atoms with Crippen LogP contribution in [0.4, 0.5) is 0 Å². The van der Waals surface area contributed by atoms with Crippen molar-refractivity contribution in [2.24, 2.45) is 5.73 Å². The largest absolute Gasteiger partial charge is 0.369 e. The van der Waals surface area contributed by atoms with Crippen LogP contribution in [0.5, 0.6) is 0 Å². The number of hydrogen-bond acceptors (Lipinski definition) is 2. The van der Waals surface area contributed by atoms with Crippen molar-refractivity contribution in [1.29, 1.82) is 0 Å². The topological polar surface area (TPSA) is 48.0 Å². The Labute approximate surface area is 134 Å². The van der Waals surface area contributed by atoms with Gasteiger partial charge in [-0.3, -0.25) is 4.79 Å². The number of carbonyl (C=O) groups excluding carboxylic acids is 1. The number of hydrogen-bond donors (Lipinski definition) is 1. The Morgan fingerprint density at radius 3 is 2.77 bits per heavy atom. The maximum absolute atomic E-state index is 11.0. The second-order valence-corrected chi connectivity index (χ2v) is 6.40. The summed E-state index contributed by atoms with van der Waals surface area (Å²) in [4.78, 5) is 12.1. The van der Waals surface area contributed by atoms with Gasteiger partial charge in [-0.15, -0.1) is 11.8 Å². The molecule has 3 rings (SSSR count). The van der Waals surface area contributed by atoms with Gasteiger partial charge in [0.25, 0.3) is 0 Å². The monoisotopic (exact) mass is 310 g/mol. The first-order chi connectivity index (χ1) is 10.6. The number of carbonyl (C=O) groups is 1. The highest BCUT2D eigenvalue weighted by Gasteiger charge is 2.10. The second kappa shape index (κ2) is 6.28. The van der Waals surface area contributed by atoms with Crippen LogP contribution in [0.25, 0.3) is 10.9 Å². The molecule has 1 aromatic heterocycles. The summed E-state index contributed by atoms with van der Waals surface area (Å²) in [5.74, 6) is 0.0128. The average molecular weight is 310 g/mol. The van der Waals surface area contributed by atoms with Crippen LogP contribution in [0.3, 0.4) is 0 Å². The summed E-state index contributed by atoms with van der Waals surface area (Å²) in [5.41, 5.74) is 8.97. The summed E-state index contributed by atoms with van der Waals surface area (Å²) in [7, 11) is 0. The normalized spacial score (nSPS) is 11.0. The predicted octanol–water partition coefficient (Wildman–Crippen LogP) is 3.58. The molecule has 0 saturated carbocycles. The molecule has 0 bridgehead atoms. The van der Waals surface area contributed by atoms with Gasteiger partial charge in [0.15, 0.2) is 0 Å². The fraction of sp³-hybridized carbons (Fsp3) is 0.167. The fourth-order valence-corrected chi connectivity index (χ4v) is 3.44. The van der Waals surface area contributed by atoms with Crippen molar-refractivity contribution in [2.75, 3.05) is 5.75 Å². The zero-order chi connectivity index (χ0) is 15.5. The molecule has 1 amide bonds. The van der Waals surface area contributed by atoms with E-state index in [0.717, 1.165) is 11.4 Å². The number of aryl methyl sites for hydroxylation is 1. The van der Waals surface area contributed by atoms with Gasteiger partial charge < -0.3 is 10.3 Å². The Bertz CT molecular complexity index is 823. The van der Waals surface area contributed by atoms with Crippen LogP contribution >= 0.6 is 11.8 Å². The van der Waals surface area contributed by atoms with Gasteiger partial charge in [0.2, 0.25) is 5.91 Å². The number of nitrogens with two attached hydrogens (primary N) is 1. The lowest BCUT2D eigenvalue weighted by molar-refractivity contribution is -0.115. The lowest BCUT2D eigenvalue weighted by Crippen LogP contribution is -2.12. The number of benzene rings is 2. The molecule has 2 aromatic carbocycles. The maximum atomic E-state index is 11.0. The molecule has 0 saturated heterocycles. The number of nitrogens with zero attached hydrogens (tertiary/aromatic N) is 1. The van der Waals surface area contributed by atoms with Crippen molar-refractivity contribution in [3.63, 3.8) is 0 Å². The first-order valence-corrected chi connectivity index (χ1v) is 8.16. The summed E-state index contributed by atoms with van der Waals surface area (Å²) in [5, 5.41) is 1.17. The number of primary amides is 1. The number of amides is 1. The summed E-state index contributed by atoms with van der Waals surface area (Å²) >= 11 is 1.50. The minimum atomic E-state index is -0.291. The van der Waals surface area contributed by atoms with Gasteiger partial charge in [-0.05, 0) is 18.6 Å². The van der Waals surface area contributed by atoms with Gasteiger partial charge in [0.05, 0.1) is 5.75 Å². The molecular formula is C18H18N2OS. The second-order valence-electron chi connectivity index (χ2n) is 5.38. The van der Waals surface area contributed by atoms with E-state index in [1.807, 2.05) is 12.1 Å². The molecule has 2 N–H and O–H groups in total. The molecule has 0 unspecified atom stereocenters. The lowest BCUT2D eigenvalue weighted by atomic mass is 10.1. The number of aromatic nitrogens is 1. The molecule has 0 spiro atoms. The van der Waals surface area contributed by atoms with Crippen LogP contribution in [0.1, 0.15) is 11.1 Å². The van der Waals surface area contributed by atoms with Gasteiger partial charge in [0, 0.05) is 28.5 Å². The standard InChI is InChI=1S/C18H18N2OS/c1-13-5-4-6-14(9-13)10-20-11-17(22-12-18(19)21)15-7-2-3-8-16(15)20/h2-9,11H,10,12H2,1H3,(H2,19,21). The number of fused-ring (bicyclic) bond motifs is 1. The molecule has 0 aliphatic rings. The molecule has 4 heteroatoms. The number of rotatable bonds is 5. The van der Waals surface area contributed by atoms with E-state index < -0.39 is 0 Å². The van der Waals surface area contributed by atoms with E-state index in [2.05, 4.69) is 54.1 Å². The van der Waals surface area contributed by atoms with Crippen molar-refractivity contribution >= 4 is 28.6 Å². The third kappa shape index (κ3) is 3.17. The molecular weight excluding hydrogens is 292 g/mol. The van der Waals surface area contributed by atoms with Crippen LogP contribution in [0, 0.1) is 6.92 Å². The van der Waals surface area contributed by atoms with Gasteiger partial charge in [-0.1, -0.05) is 48.0 Å². The predicted molar refractivity (Wildman–Crippen MR) is 92.1 cm³/mol. The van der Waals surface area contributed by atoms with Crippen molar-refractivity contribution in [2.45, 2.75) is 18.4 Å². The van der Waals surface area contributed by atoms with Crippen molar-refractivity contribution in [3.8, 4) is 0 Å². The van der Waals surface area contributed by atoms with Crippen LogP contribution in [0.15, 0.2) is 59.6 Å². The summed E-state index contributed by atoms with van der Waals surface area (Å²) in [6, 6.07) is 16.8. The minimum Gasteiger partial charge on any atom is -0.369 e. The van der Waals surface area contributed by atoms with Gasteiger partial charge in [-0.2, -0.15) is 0 Å². The third-order valence-electron chi connectivity index (χ3n) is 3.56. The Balaban J connectivity index is 1.97. The average Bonchev–Trinajstić information content (AvgIpc) is 2.84. The van der Waals surface area contributed by atoms with E-state index >= 15 is 0 Å². The Hall–Kier alpha value is -2.20. The molecule has 0 aliphatic carbocycles. The highest BCUT2D eigenvalue weighted by molar-refractivity contribution is 8.00. The quantitative estimate of drug-likeness (QED) is 0.732. The molecule has 3 aromatic rings. The SMILES string of the molecule is Cc1cccc(Cn2cc(SCC(N)=O)c3ccccc32)c1. The first kappa shape index (κ1) is 14.7. The van der Waals surface area contributed by atoms with Crippen molar-refractivity contribution in [1.82, 2.24) is 4.57 Å². The lowest BCUT2D eigenvalue weighted by Gasteiger charge is -2.06. The van der Waals surface area contributed by atoms with E-state index in [9.17, 15) is 4.79 Å². The molecule has 0 atom stereocenters. The Kier molecular flexibility index (Phi) is 4.20. The highest BCUT2D eigenvalue weighted by atomic mass is 32.2. The number of para-hydroxylation sites is 1. The Morgan fingerprint density at radius 2 is 2.00 bits per heavy atom. The van der Waals surface area contributed by atoms with Crippen LogP contribution in [0.2, 0.25) is 0 Å². The molecule has 1 heterocycles. The van der Waals surface area contributed by atoms with Crippen LogP contribution in [-0.4, -0.2) is 16.2 Å². The number of thioether (sulfide) groups is 1. The zero-order valence-electron chi connectivity index (χ0n) is 12.5. The van der Waals surface area contributed by atoms with Crippen LogP contribution < -0.4 is 5.73 Å². The van der Waals surface area contributed by atoms with E-state index in [-0.39, 0.29) is 5.91 Å². The molecule has 3 nitrogen and oxygen atoms in total. The van der Waals surface area contributed by atoms with Gasteiger partial charge >= 0.3 is 0 Å². The molecule has 22 heavy (non-hydrogen) atoms. The van der Waals surface area contributed by atoms with Crippen molar-refractivity contribution < 1.29 is 4.79 Å². The molecule has 112 valence electrons. The van der Waals surface area contributed by atoms with Gasteiger partial charge in [-0.25, -0.2) is 0 Å². The summed E-state index contributed by atoms with van der Waals surface area (Å²) in [6.45, 7) is 2.92. The Morgan fingerprint density at radius 1 is 1.18 bits per heavy atom. The third-order valence-corrected chi connectivity index (χ3v) is 4.62. The minimum absolute atomic E-state index is 0.291. The molecule has 0 radical (unpaired) electrons. The zero-order valence-corrected chi connectivity index (χ0v) is 13.3. The highest BCUT2D eigenvalue weighted by Crippen LogP contribution is 2.30. The van der Waals surface area contributed by atoms with E-state index in [4.69, 9.17) is 5.73 Å².